The Hall–Kier alpha value is -3.00. The van der Waals surface area contributed by atoms with Gasteiger partial charge < -0.3 is 15.4 Å². The van der Waals surface area contributed by atoms with Crippen LogP contribution in [0.2, 0.25) is 5.02 Å². The molecule has 1 aromatic heterocycles. The number of H-pyrrole nitrogens is 1. The molecule has 0 atom stereocenters. The molecule has 0 unspecified atom stereocenters. The Kier molecular flexibility index (Phi) is 4.37. The lowest BCUT2D eigenvalue weighted by Gasteiger charge is -2.12. The fourth-order valence-electron chi connectivity index (χ4n) is 2.42. The SMILES string of the molecule is O=C(Nc1cc(C(F)(F)F)ccc1Cl)c1c(O)c2ccccc2[nH]c1=O. The zero-order chi connectivity index (χ0) is 19.1. The molecule has 3 N–H and O–H groups in total. The van der Waals surface area contributed by atoms with E-state index in [1.807, 2.05) is 0 Å². The minimum atomic E-state index is -4.63. The van der Waals surface area contributed by atoms with Gasteiger partial charge in [0.25, 0.3) is 11.5 Å². The molecule has 0 bridgehead atoms. The van der Waals surface area contributed by atoms with Crippen molar-refractivity contribution < 1.29 is 23.1 Å². The van der Waals surface area contributed by atoms with Crippen LogP contribution >= 0.6 is 11.6 Å². The Balaban J connectivity index is 2.04. The lowest BCUT2D eigenvalue weighted by molar-refractivity contribution is -0.137. The summed E-state index contributed by atoms with van der Waals surface area (Å²) in [7, 11) is 0. The van der Waals surface area contributed by atoms with E-state index in [2.05, 4.69) is 10.3 Å². The zero-order valence-electron chi connectivity index (χ0n) is 12.8. The number of aromatic amines is 1. The molecule has 134 valence electrons. The van der Waals surface area contributed by atoms with E-state index in [9.17, 15) is 27.9 Å². The number of aromatic nitrogens is 1. The molecule has 0 saturated heterocycles. The second-order valence-electron chi connectivity index (χ2n) is 5.37. The Morgan fingerprint density at radius 3 is 2.54 bits per heavy atom. The Labute approximate surface area is 149 Å². The second kappa shape index (κ2) is 6.38. The number of rotatable bonds is 2. The topological polar surface area (TPSA) is 82.2 Å². The van der Waals surface area contributed by atoms with Crippen molar-refractivity contribution >= 4 is 34.1 Å². The van der Waals surface area contributed by atoms with Crippen molar-refractivity contribution in [1.82, 2.24) is 4.98 Å². The van der Waals surface area contributed by atoms with Gasteiger partial charge >= 0.3 is 6.18 Å². The molecule has 5 nitrogen and oxygen atoms in total. The number of amides is 1. The van der Waals surface area contributed by atoms with Gasteiger partial charge in [0, 0.05) is 5.39 Å². The monoisotopic (exact) mass is 382 g/mol. The highest BCUT2D eigenvalue weighted by Gasteiger charge is 2.31. The molecule has 1 heterocycles. The molecule has 0 radical (unpaired) electrons. The summed E-state index contributed by atoms with van der Waals surface area (Å²) in [6.45, 7) is 0. The van der Waals surface area contributed by atoms with Crippen molar-refractivity contribution in [3.05, 3.63) is 69.0 Å². The lowest BCUT2D eigenvalue weighted by atomic mass is 10.1. The number of benzene rings is 2. The van der Waals surface area contributed by atoms with Crippen molar-refractivity contribution in [3.63, 3.8) is 0 Å². The summed E-state index contributed by atoms with van der Waals surface area (Å²) in [6.07, 6.45) is -4.63. The average Bonchev–Trinajstić information content (AvgIpc) is 2.56. The minimum absolute atomic E-state index is 0.150. The van der Waals surface area contributed by atoms with Gasteiger partial charge in [-0.05, 0) is 30.3 Å². The number of carbonyl (C=O) groups excluding carboxylic acids is 1. The molecule has 1 amide bonds. The van der Waals surface area contributed by atoms with Crippen LogP contribution in [0.15, 0.2) is 47.3 Å². The van der Waals surface area contributed by atoms with Gasteiger partial charge in [0.15, 0.2) is 0 Å². The van der Waals surface area contributed by atoms with E-state index in [4.69, 9.17) is 11.6 Å². The van der Waals surface area contributed by atoms with Crippen LogP contribution in [-0.2, 0) is 6.18 Å². The van der Waals surface area contributed by atoms with Crippen molar-refractivity contribution in [2.75, 3.05) is 5.32 Å². The standard InChI is InChI=1S/C17H10ClF3N2O3/c18-10-6-5-8(17(19,20)21)7-12(10)23-16(26)13-14(24)9-3-1-2-4-11(9)22-15(13)25/h1-7H,(H,23,26)(H2,22,24,25). The largest absolute Gasteiger partial charge is 0.506 e. The van der Waals surface area contributed by atoms with Crippen LogP contribution in [0.4, 0.5) is 18.9 Å². The van der Waals surface area contributed by atoms with Crippen molar-refractivity contribution in [2.45, 2.75) is 6.18 Å². The number of halogens is 4. The molecule has 0 spiro atoms. The predicted octanol–water partition coefficient (Wildman–Crippen LogP) is 4.16. The third-order valence-corrected chi connectivity index (χ3v) is 3.99. The number of hydrogen-bond acceptors (Lipinski definition) is 3. The molecule has 3 aromatic rings. The first-order valence-electron chi connectivity index (χ1n) is 7.20. The maximum absolute atomic E-state index is 12.8. The normalized spacial score (nSPS) is 11.5. The predicted molar refractivity (Wildman–Crippen MR) is 90.6 cm³/mol. The first kappa shape index (κ1) is 17.8. The summed E-state index contributed by atoms with van der Waals surface area (Å²) in [5.74, 6) is -1.67. The number of anilines is 1. The van der Waals surface area contributed by atoms with Gasteiger partial charge in [-0.15, -0.1) is 0 Å². The van der Waals surface area contributed by atoms with Crippen LogP contribution in [-0.4, -0.2) is 16.0 Å². The first-order valence-corrected chi connectivity index (χ1v) is 7.58. The number of pyridine rings is 1. The van der Waals surface area contributed by atoms with E-state index < -0.39 is 34.5 Å². The summed E-state index contributed by atoms with van der Waals surface area (Å²) < 4.78 is 38.4. The van der Waals surface area contributed by atoms with E-state index in [0.29, 0.717) is 11.6 Å². The molecular weight excluding hydrogens is 373 g/mol. The highest BCUT2D eigenvalue weighted by molar-refractivity contribution is 6.34. The molecule has 0 aliphatic carbocycles. The molecular formula is C17H10ClF3N2O3. The maximum Gasteiger partial charge on any atom is 0.416 e. The quantitative estimate of drug-likeness (QED) is 0.622. The Morgan fingerprint density at radius 1 is 1.15 bits per heavy atom. The average molecular weight is 383 g/mol. The molecule has 26 heavy (non-hydrogen) atoms. The van der Waals surface area contributed by atoms with Gasteiger partial charge in [0.1, 0.15) is 11.3 Å². The summed E-state index contributed by atoms with van der Waals surface area (Å²) in [6, 6.07) is 8.61. The van der Waals surface area contributed by atoms with Gasteiger partial charge in [-0.3, -0.25) is 9.59 Å². The zero-order valence-corrected chi connectivity index (χ0v) is 13.6. The summed E-state index contributed by atoms with van der Waals surface area (Å²) in [5.41, 5.74) is -2.56. The van der Waals surface area contributed by atoms with Crippen LogP contribution in [0, 0.1) is 0 Å². The van der Waals surface area contributed by atoms with E-state index in [1.165, 1.54) is 12.1 Å². The number of fused-ring (bicyclic) bond motifs is 1. The van der Waals surface area contributed by atoms with Gasteiger partial charge in [0.05, 0.1) is 21.8 Å². The molecule has 9 heteroatoms. The molecule has 3 rings (SSSR count). The maximum atomic E-state index is 12.8. The fourth-order valence-corrected chi connectivity index (χ4v) is 2.58. The first-order chi connectivity index (χ1) is 12.2. The van der Waals surface area contributed by atoms with Gasteiger partial charge in [-0.25, -0.2) is 0 Å². The third-order valence-electron chi connectivity index (χ3n) is 3.66. The van der Waals surface area contributed by atoms with Crippen molar-refractivity contribution in [3.8, 4) is 5.75 Å². The second-order valence-corrected chi connectivity index (χ2v) is 5.78. The molecule has 0 aliphatic heterocycles. The minimum Gasteiger partial charge on any atom is -0.506 e. The number of aromatic hydroxyl groups is 1. The van der Waals surface area contributed by atoms with Crippen LogP contribution in [0.3, 0.4) is 0 Å². The number of para-hydroxylation sites is 1. The van der Waals surface area contributed by atoms with Crippen molar-refractivity contribution in [2.24, 2.45) is 0 Å². The van der Waals surface area contributed by atoms with Crippen LogP contribution in [0.1, 0.15) is 15.9 Å². The Morgan fingerprint density at radius 2 is 1.85 bits per heavy atom. The number of alkyl halides is 3. The molecule has 0 aliphatic rings. The fraction of sp³-hybridized carbons (Fsp3) is 0.0588. The van der Waals surface area contributed by atoms with E-state index in [0.717, 1.165) is 12.1 Å². The van der Waals surface area contributed by atoms with Gasteiger partial charge in [0.2, 0.25) is 0 Å². The van der Waals surface area contributed by atoms with E-state index in [-0.39, 0.29) is 16.1 Å². The lowest BCUT2D eigenvalue weighted by Crippen LogP contribution is -2.23. The van der Waals surface area contributed by atoms with Crippen LogP contribution in [0.5, 0.6) is 5.75 Å². The van der Waals surface area contributed by atoms with E-state index >= 15 is 0 Å². The summed E-state index contributed by atoms with van der Waals surface area (Å²) in [4.78, 5) is 26.9. The molecule has 2 aromatic carbocycles. The molecule has 0 fully saturated rings. The van der Waals surface area contributed by atoms with Crippen LogP contribution in [0.25, 0.3) is 10.9 Å². The molecule has 0 saturated carbocycles. The number of carbonyl (C=O) groups is 1. The van der Waals surface area contributed by atoms with Crippen molar-refractivity contribution in [1.29, 1.82) is 0 Å². The van der Waals surface area contributed by atoms with Crippen LogP contribution < -0.4 is 10.9 Å². The highest BCUT2D eigenvalue weighted by Crippen LogP contribution is 2.34. The Bertz CT molecular complexity index is 1080. The van der Waals surface area contributed by atoms with E-state index in [1.54, 1.807) is 12.1 Å². The number of nitrogens with one attached hydrogen (secondary N) is 2. The van der Waals surface area contributed by atoms with Gasteiger partial charge in [-0.2, -0.15) is 13.2 Å². The van der Waals surface area contributed by atoms with Gasteiger partial charge in [-0.1, -0.05) is 23.7 Å². The highest BCUT2D eigenvalue weighted by atomic mass is 35.5. The third kappa shape index (κ3) is 3.23. The smallest absolute Gasteiger partial charge is 0.416 e. The summed E-state index contributed by atoms with van der Waals surface area (Å²) >= 11 is 5.82. The summed E-state index contributed by atoms with van der Waals surface area (Å²) in [5, 5.41) is 12.4. The number of hydrogen-bond donors (Lipinski definition) is 3.